The van der Waals surface area contributed by atoms with E-state index in [4.69, 9.17) is 18.5 Å². The molecule has 1 aliphatic rings. The molecule has 346 valence electrons. The van der Waals surface area contributed by atoms with E-state index >= 15 is 0 Å². The van der Waals surface area contributed by atoms with Crippen LogP contribution in [0.3, 0.4) is 0 Å². The highest BCUT2D eigenvalue weighted by Gasteiger charge is 2.51. The van der Waals surface area contributed by atoms with E-state index in [1.807, 2.05) is 0 Å². The van der Waals surface area contributed by atoms with Gasteiger partial charge in [-0.1, -0.05) is 153 Å². The number of carbonyl (C=O) groups excluding carboxylic acids is 1. The van der Waals surface area contributed by atoms with Crippen molar-refractivity contribution in [1.82, 2.24) is 0 Å². The number of aliphatic hydroxyl groups is 5. The first kappa shape index (κ1) is 55.6. The lowest BCUT2D eigenvalue weighted by Crippen LogP contribution is -2.64. The van der Waals surface area contributed by atoms with Gasteiger partial charge in [0.15, 0.2) is 0 Å². The van der Waals surface area contributed by atoms with Crippen LogP contribution >= 0.6 is 7.82 Å². The predicted octanol–water partition coefficient (Wildman–Crippen LogP) is 9.48. The number of hydrogen-bond donors (Lipinski definition) is 6. The van der Waals surface area contributed by atoms with Gasteiger partial charge < -0.3 is 39.9 Å². The first-order valence-corrected chi connectivity index (χ1v) is 24.8. The van der Waals surface area contributed by atoms with E-state index in [1.54, 1.807) is 0 Å². The SMILES string of the molecule is CCC/C=C\CCCCCCCCOCC(COP(=O)(O)OC1C(O)C(O)C(O)C(O)C1O)OC(=O)CCCCCCCCCCC/C=C\C/C=C\CCCCCCC. The van der Waals surface area contributed by atoms with Crippen molar-refractivity contribution in [1.29, 1.82) is 0 Å². The molecule has 6 unspecified atom stereocenters. The summed E-state index contributed by atoms with van der Waals surface area (Å²) in [5.41, 5.74) is 0. The zero-order valence-corrected chi connectivity index (χ0v) is 37.7. The minimum atomic E-state index is -5.02. The Morgan fingerprint density at radius 3 is 1.51 bits per heavy atom. The van der Waals surface area contributed by atoms with Gasteiger partial charge in [0.25, 0.3) is 0 Å². The van der Waals surface area contributed by atoms with Crippen LogP contribution in [-0.4, -0.2) is 98.9 Å². The third kappa shape index (κ3) is 29.5. The summed E-state index contributed by atoms with van der Waals surface area (Å²) in [5, 5.41) is 50.1. The number of allylic oxidation sites excluding steroid dienone is 6. The largest absolute Gasteiger partial charge is 0.472 e. The number of carbonyl (C=O) groups is 1. The smallest absolute Gasteiger partial charge is 0.457 e. The fourth-order valence-corrected chi connectivity index (χ4v) is 7.95. The summed E-state index contributed by atoms with van der Waals surface area (Å²) in [6, 6.07) is 0. The van der Waals surface area contributed by atoms with Crippen molar-refractivity contribution in [3.8, 4) is 0 Å². The quantitative estimate of drug-likeness (QED) is 0.0149. The fraction of sp³-hybridized carbons (Fsp3) is 0.848. The van der Waals surface area contributed by atoms with E-state index in [1.165, 1.54) is 89.9 Å². The maximum atomic E-state index is 12.8. The summed E-state index contributed by atoms with van der Waals surface area (Å²) in [4.78, 5) is 23.1. The molecule has 1 rings (SSSR count). The lowest BCUT2D eigenvalue weighted by Gasteiger charge is -2.41. The molecular formula is C46H85O12P. The number of esters is 1. The minimum Gasteiger partial charge on any atom is -0.457 e. The molecule has 1 saturated carbocycles. The zero-order valence-electron chi connectivity index (χ0n) is 36.8. The highest BCUT2D eigenvalue weighted by molar-refractivity contribution is 7.47. The number of ether oxygens (including phenoxy) is 2. The molecule has 59 heavy (non-hydrogen) atoms. The summed E-state index contributed by atoms with van der Waals surface area (Å²) < 4.78 is 34.1. The van der Waals surface area contributed by atoms with Gasteiger partial charge in [0.1, 0.15) is 42.7 Å². The highest BCUT2D eigenvalue weighted by atomic mass is 31.2. The Morgan fingerprint density at radius 2 is 0.983 bits per heavy atom. The van der Waals surface area contributed by atoms with Gasteiger partial charge in [-0.05, 0) is 64.2 Å². The van der Waals surface area contributed by atoms with Crippen molar-refractivity contribution in [3.05, 3.63) is 36.5 Å². The molecule has 6 N–H and O–H groups in total. The number of rotatable bonds is 39. The van der Waals surface area contributed by atoms with Crippen LogP contribution in [0.25, 0.3) is 0 Å². The van der Waals surface area contributed by atoms with Gasteiger partial charge in [0.05, 0.1) is 13.2 Å². The molecule has 0 saturated heterocycles. The van der Waals surface area contributed by atoms with Crippen LogP contribution < -0.4 is 0 Å². The molecular weight excluding hydrogens is 775 g/mol. The van der Waals surface area contributed by atoms with Crippen LogP contribution in [-0.2, 0) is 27.9 Å². The Hall–Kier alpha value is -1.44. The van der Waals surface area contributed by atoms with Crippen molar-refractivity contribution in [2.75, 3.05) is 19.8 Å². The van der Waals surface area contributed by atoms with Gasteiger partial charge in [-0.25, -0.2) is 4.57 Å². The van der Waals surface area contributed by atoms with Crippen LogP contribution in [0.1, 0.15) is 187 Å². The van der Waals surface area contributed by atoms with Gasteiger partial charge in [-0.2, -0.15) is 0 Å². The second-order valence-corrected chi connectivity index (χ2v) is 17.7. The minimum absolute atomic E-state index is 0.0823. The molecule has 0 heterocycles. The van der Waals surface area contributed by atoms with E-state index in [9.17, 15) is 39.8 Å². The van der Waals surface area contributed by atoms with E-state index in [-0.39, 0.29) is 13.0 Å². The third-order valence-electron chi connectivity index (χ3n) is 10.7. The Kier molecular flexibility index (Phi) is 35.0. The molecule has 6 atom stereocenters. The first-order chi connectivity index (χ1) is 28.5. The van der Waals surface area contributed by atoms with E-state index < -0.39 is 63.1 Å². The lowest BCUT2D eigenvalue weighted by atomic mass is 9.85. The summed E-state index contributed by atoms with van der Waals surface area (Å²) in [5.74, 6) is -0.485. The maximum Gasteiger partial charge on any atom is 0.472 e. The van der Waals surface area contributed by atoms with E-state index in [0.717, 1.165) is 70.6 Å². The Labute approximate surface area is 357 Å². The number of hydrogen-bond acceptors (Lipinski definition) is 11. The number of phosphoric ester groups is 1. The molecule has 0 radical (unpaired) electrons. The Bertz CT molecular complexity index is 1120. The summed E-state index contributed by atoms with van der Waals surface area (Å²) >= 11 is 0. The predicted molar refractivity (Wildman–Crippen MR) is 235 cm³/mol. The van der Waals surface area contributed by atoms with Crippen LogP contribution in [0.5, 0.6) is 0 Å². The van der Waals surface area contributed by atoms with Gasteiger partial charge >= 0.3 is 13.8 Å². The third-order valence-corrected chi connectivity index (χ3v) is 11.7. The van der Waals surface area contributed by atoms with Crippen molar-refractivity contribution < 1.29 is 58.3 Å². The maximum absolute atomic E-state index is 12.8. The number of unbranched alkanes of at least 4 members (excludes halogenated alkanes) is 21. The average molecular weight is 861 g/mol. The molecule has 1 aliphatic carbocycles. The van der Waals surface area contributed by atoms with Crippen LogP contribution in [0, 0.1) is 0 Å². The van der Waals surface area contributed by atoms with Gasteiger partial charge in [0.2, 0.25) is 0 Å². The summed E-state index contributed by atoms with van der Waals surface area (Å²) in [6.45, 7) is 4.17. The van der Waals surface area contributed by atoms with Crippen LogP contribution in [0.15, 0.2) is 36.5 Å². The van der Waals surface area contributed by atoms with Crippen molar-refractivity contribution in [2.24, 2.45) is 0 Å². The molecule has 0 bridgehead atoms. The molecule has 0 aromatic carbocycles. The standard InChI is InChI=1S/C46H85O12P/c1-3-5-7-9-11-13-15-16-17-18-19-20-21-22-23-24-25-27-29-31-33-35-40(47)57-39(37-55-36-34-32-30-28-26-14-12-10-8-6-4-2)38-56-59(53,54)58-46-44(51)42(49)41(48)43(50)45(46)52/h8,10,15-16,18-19,39,41-46,48-52H,3-7,9,11-14,17,20-38H2,1-2H3,(H,53,54)/b10-8-,16-15-,19-18-. The van der Waals surface area contributed by atoms with Gasteiger partial charge in [0, 0.05) is 13.0 Å². The topological polar surface area (TPSA) is 192 Å². The molecule has 0 amide bonds. The lowest BCUT2D eigenvalue weighted by molar-refractivity contribution is -0.220. The Balaban J connectivity index is 2.35. The van der Waals surface area contributed by atoms with Crippen molar-refractivity contribution >= 4 is 13.8 Å². The van der Waals surface area contributed by atoms with Crippen molar-refractivity contribution in [3.63, 3.8) is 0 Å². The number of aliphatic hydroxyl groups excluding tert-OH is 5. The molecule has 13 heteroatoms. The highest BCUT2D eigenvalue weighted by Crippen LogP contribution is 2.47. The Morgan fingerprint density at radius 1 is 0.542 bits per heavy atom. The van der Waals surface area contributed by atoms with Gasteiger partial charge in [-0.15, -0.1) is 0 Å². The van der Waals surface area contributed by atoms with Crippen molar-refractivity contribution in [2.45, 2.75) is 230 Å². The molecule has 0 aromatic rings. The fourth-order valence-electron chi connectivity index (χ4n) is 6.98. The van der Waals surface area contributed by atoms with Crippen LogP contribution in [0.2, 0.25) is 0 Å². The average Bonchev–Trinajstić information content (AvgIpc) is 3.22. The summed E-state index contributed by atoms with van der Waals surface area (Å²) in [6.07, 6.45) is 30.8. The van der Waals surface area contributed by atoms with E-state index in [2.05, 4.69) is 50.3 Å². The first-order valence-electron chi connectivity index (χ1n) is 23.3. The van der Waals surface area contributed by atoms with Crippen LogP contribution in [0.4, 0.5) is 0 Å². The molecule has 0 spiro atoms. The van der Waals surface area contributed by atoms with Gasteiger partial charge in [-0.3, -0.25) is 13.8 Å². The number of phosphoric acid groups is 1. The summed E-state index contributed by atoms with van der Waals surface area (Å²) in [7, 11) is -5.02. The molecule has 12 nitrogen and oxygen atoms in total. The second-order valence-electron chi connectivity index (χ2n) is 16.2. The zero-order chi connectivity index (χ0) is 43.4. The molecule has 1 fully saturated rings. The molecule has 0 aromatic heterocycles. The monoisotopic (exact) mass is 861 g/mol. The molecule has 0 aliphatic heterocycles. The van der Waals surface area contributed by atoms with E-state index in [0.29, 0.717) is 13.0 Å². The second kappa shape index (κ2) is 37.1. The normalized spacial score (nSPS) is 22.8.